The van der Waals surface area contributed by atoms with Crippen LogP contribution >= 0.6 is 0 Å². The Bertz CT molecular complexity index is 856. The van der Waals surface area contributed by atoms with Crippen molar-refractivity contribution in [1.29, 1.82) is 0 Å². The first-order valence-corrected chi connectivity index (χ1v) is 9.28. The summed E-state index contributed by atoms with van der Waals surface area (Å²) in [6.07, 6.45) is -0.0471. The van der Waals surface area contributed by atoms with Crippen LogP contribution in [-0.4, -0.2) is 35.7 Å². The molecule has 0 fully saturated rings. The number of methoxy groups -OCH3 is 1. The molecule has 2 amide bonds. The second kappa shape index (κ2) is 7.92. The zero-order chi connectivity index (χ0) is 20.3. The molecule has 28 heavy (non-hydrogen) atoms. The highest BCUT2D eigenvalue weighted by molar-refractivity contribution is 5.97. The molecule has 1 unspecified atom stereocenters. The largest absolute Gasteiger partial charge is 0.497 e. The van der Waals surface area contributed by atoms with E-state index in [-0.39, 0.29) is 5.91 Å². The third kappa shape index (κ3) is 4.63. The summed E-state index contributed by atoms with van der Waals surface area (Å²) in [6, 6.07) is 14.3. The number of rotatable bonds is 3. The zero-order valence-corrected chi connectivity index (χ0v) is 16.7. The van der Waals surface area contributed by atoms with Gasteiger partial charge in [-0.15, -0.1) is 0 Å². The van der Waals surface area contributed by atoms with Gasteiger partial charge in [0.1, 0.15) is 17.4 Å². The van der Waals surface area contributed by atoms with Gasteiger partial charge in [0.25, 0.3) is 0 Å². The van der Waals surface area contributed by atoms with Crippen LogP contribution in [0.4, 0.5) is 10.5 Å². The van der Waals surface area contributed by atoms with Crippen LogP contribution in [0, 0.1) is 0 Å². The van der Waals surface area contributed by atoms with Gasteiger partial charge in [-0.2, -0.15) is 0 Å². The van der Waals surface area contributed by atoms with Gasteiger partial charge in [-0.3, -0.25) is 9.69 Å². The Kier molecular flexibility index (Phi) is 5.58. The van der Waals surface area contributed by atoms with Crippen LogP contribution in [0.2, 0.25) is 0 Å². The summed E-state index contributed by atoms with van der Waals surface area (Å²) in [5.41, 5.74) is 2.11. The van der Waals surface area contributed by atoms with Gasteiger partial charge in [0.2, 0.25) is 5.91 Å². The number of anilines is 1. The Balaban J connectivity index is 1.83. The highest BCUT2D eigenvalue weighted by Gasteiger charge is 2.36. The first-order chi connectivity index (χ1) is 13.3. The van der Waals surface area contributed by atoms with Crippen LogP contribution in [0.25, 0.3) is 0 Å². The number of hydrogen-bond acceptors (Lipinski definition) is 4. The van der Waals surface area contributed by atoms with Crippen LogP contribution in [-0.2, 0) is 22.5 Å². The summed E-state index contributed by atoms with van der Waals surface area (Å²) < 4.78 is 10.7. The number of carbonyl (C=O) groups is 2. The molecule has 0 aliphatic carbocycles. The van der Waals surface area contributed by atoms with Gasteiger partial charge >= 0.3 is 6.09 Å². The number of amides is 2. The molecule has 6 heteroatoms. The van der Waals surface area contributed by atoms with E-state index in [9.17, 15) is 9.59 Å². The van der Waals surface area contributed by atoms with Crippen LogP contribution in [0.3, 0.4) is 0 Å². The average Bonchev–Trinajstić information content (AvgIpc) is 2.66. The van der Waals surface area contributed by atoms with E-state index < -0.39 is 17.7 Å². The summed E-state index contributed by atoms with van der Waals surface area (Å²) in [6.45, 7) is 5.78. The maximum atomic E-state index is 13.0. The van der Waals surface area contributed by atoms with Crippen molar-refractivity contribution in [3.63, 3.8) is 0 Å². The van der Waals surface area contributed by atoms with E-state index in [4.69, 9.17) is 9.47 Å². The standard InChI is InChI=1S/C22H26N2O4/c1-22(2,3)28-21(26)24-14-16-8-6-5-7-15(16)13-19(24)20(25)23-17-9-11-18(27-4)12-10-17/h5-12,19H,13-14H2,1-4H3,(H,23,25). The van der Waals surface area contributed by atoms with Crippen LogP contribution < -0.4 is 10.1 Å². The van der Waals surface area contributed by atoms with E-state index in [1.54, 1.807) is 31.4 Å². The van der Waals surface area contributed by atoms with Crippen molar-refractivity contribution in [3.8, 4) is 5.75 Å². The van der Waals surface area contributed by atoms with Crippen LogP contribution in [0.5, 0.6) is 5.75 Å². The lowest BCUT2D eigenvalue weighted by atomic mass is 9.93. The van der Waals surface area contributed by atoms with Gasteiger partial charge in [0.15, 0.2) is 0 Å². The lowest BCUT2D eigenvalue weighted by Gasteiger charge is -2.36. The number of benzene rings is 2. The molecule has 0 saturated carbocycles. The molecule has 0 saturated heterocycles. The molecule has 3 rings (SSSR count). The molecular weight excluding hydrogens is 356 g/mol. The summed E-state index contributed by atoms with van der Waals surface area (Å²) >= 11 is 0. The molecule has 1 N–H and O–H groups in total. The maximum absolute atomic E-state index is 13.0. The van der Waals surface area contributed by atoms with Gasteiger partial charge in [-0.05, 0) is 56.2 Å². The van der Waals surface area contributed by atoms with Crippen molar-refractivity contribution < 1.29 is 19.1 Å². The predicted octanol–water partition coefficient (Wildman–Crippen LogP) is 4.00. The minimum Gasteiger partial charge on any atom is -0.497 e. The Morgan fingerprint density at radius 1 is 1.04 bits per heavy atom. The van der Waals surface area contributed by atoms with E-state index in [1.165, 1.54) is 4.90 Å². The second-order valence-electron chi connectivity index (χ2n) is 7.81. The highest BCUT2D eigenvalue weighted by atomic mass is 16.6. The monoisotopic (exact) mass is 382 g/mol. The van der Waals surface area contributed by atoms with Crippen molar-refractivity contribution in [2.75, 3.05) is 12.4 Å². The number of hydrogen-bond donors (Lipinski definition) is 1. The minimum atomic E-state index is -0.646. The third-order valence-corrected chi connectivity index (χ3v) is 4.54. The quantitative estimate of drug-likeness (QED) is 0.871. The fraction of sp³-hybridized carbons (Fsp3) is 0.364. The molecule has 0 aromatic heterocycles. The molecule has 2 aromatic rings. The zero-order valence-electron chi connectivity index (χ0n) is 16.7. The van der Waals surface area contributed by atoms with Crippen molar-refractivity contribution in [2.45, 2.75) is 45.4 Å². The van der Waals surface area contributed by atoms with E-state index in [2.05, 4.69) is 5.32 Å². The number of fused-ring (bicyclic) bond motifs is 1. The molecule has 2 aromatic carbocycles. The van der Waals surface area contributed by atoms with Crippen molar-refractivity contribution in [3.05, 3.63) is 59.7 Å². The van der Waals surface area contributed by atoms with E-state index in [1.807, 2.05) is 45.0 Å². The Morgan fingerprint density at radius 3 is 2.29 bits per heavy atom. The molecule has 1 heterocycles. The van der Waals surface area contributed by atoms with Crippen molar-refractivity contribution in [1.82, 2.24) is 4.90 Å². The first-order valence-electron chi connectivity index (χ1n) is 9.28. The van der Waals surface area contributed by atoms with Crippen LogP contribution in [0.15, 0.2) is 48.5 Å². The van der Waals surface area contributed by atoms with Crippen LogP contribution in [0.1, 0.15) is 31.9 Å². The van der Waals surface area contributed by atoms with Crippen molar-refractivity contribution >= 4 is 17.7 Å². The lowest BCUT2D eigenvalue weighted by Crippen LogP contribution is -2.52. The minimum absolute atomic E-state index is 0.245. The summed E-state index contributed by atoms with van der Waals surface area (Å²) in [5.74, 6) is 0.463. The molecule has 148 valence electrons. The number of carbonyl (C=O) groups excluding carboxylic acids is 2. The number of nitrogens with zero attached hydrogens (tertiary/aromatic N) is 1. The molecule has 0 spiro atoms. The molecular formula is C22H26N2O4. The fourth-order valence-electron chi connectivity index (χ4n) is 3.17. The Hall–Kier alpha value is -3.02. The third-order valence-electron chi connectivity index (χ3n) is 4.54. The average molecular weight is 382 g/mol. The molecule has 1 aliphatic rings. The van der Waals surface area contributed by atoms with Gasteiger partial charge in [-0.1, -0.05) is 24.3 Å². The predicted molar refractivity (Wildman–Crippen MR) is 107 cm³/mol. The SMILES string of the molecule is COc1ccc(NC(=O)C2Cc3ccccc3CN2C(=O)OC(C)(C)C)cc1. The Labute approximate surface area is 165 Å². The van der Waals surface area contributed by atoms with Gasteiger partial charge in [-0.25, -0.2) is 4.79 Å². The molecule has 1 atom stereocenters. The highest BCUT2D eigenvalue weighted by Crippen LogP contribution is 2.26. The first kappa shape index (κ1) is 19.7. The second-order valence-corrected chi connectivity index (χ2v) is 7.81. The summed E-state index contributed by atoms with van der Waals surface area (Å²) in [4.78, 5) is 27.3. The van der Waals surface area contributed by atoms with Gasteiger partial charge in [0, 0.05) is 12.1 Å². The molecule has 0 radical (unpaired) electrons. The lowest BCUT2D eigenvalue weighted by molar-refractivity contribution is -0.121. The smallest absolute Gasteiger partial charge is 0.411 e. The van der Waals surface area contributed by atoms with E-state index >= 15 is 0 Å². The Morgan fingerprint density at radius 2 is 1.68 bits per heavy atom. The molecule has 1 aliphatic heterocycles. The summed E-state index contributed by atoms with van der Waals surface area (Å²) in [7, 11) is 1.59. The van der Waals surface area contributed by atoms with Crippen molar-refractivity contribution in [2.24, 2.45) is 0 Å². The van der Waals surface area contributed by atoms with E-state index in [0.29, 0.717) is 24.4 Å². The fourth-order valence-corrected chi connectivity index (χ4v) is 3.17. The molecule has 0 bridgehead atoms. The number of nitrogens with one attached hydrogen (secondary N) is 1. The van der Waals surface area contributed by atoms with E-state index in [0.717, 1.165) is 11.1 Å². The number of ether oxygens (including phenoxy) is 2. The molecule has 6 nitrogen and oxygen atoms in total. The van der Waals surface area contributed by atoms with Gasteiger partial charge < -0.3 is 14.8 Å². The summed E-state index contributed by atoms with van der Waals surface area (Å²) in [5, 5.41) is 2.90. The normalized spacial score (nSPS) is 16.1. The van der Waals surface area contributed by atoms with Gasteiger partial charge in [0.05, 0.1) is 13.7 Å². The topological polar surface area (TPSA) is 67.9 Å². The maximum Gasteiger partial charge on any atom is 0.411 e.